The lowest BCUT2D eigenvalue weighted by Crippen LogP contribution is -2.34. The second kappa shape index (κ2) is 11.0. The minimum Gasteiger partial charge on any atom is -0.295 e. The Balaban J connectivity index is 0.000000230. The Bertz CT molecular complexity index is 1230. The number of benzene rings is 2. The number of ketones is 1. The SMILES string of the molecule is CC(=O)/C=C/C=C/Cc1cc2c(cc1C)C(C)(C)CCC2(C)C.Cc1ccc2c(c1)C(C)(C)CCC2(C)C. The fraction of sp³-hybridized carbons (Fsp3) is 0.541. The van der Waals surface area contributed by atoms with Crippen molar-refractivity contribution in [1.82, 2.24) is 0 Å². The van der Waals surface area contributed by atoms with E-state index in [9.17, 15) is 4.79 Å². The number of hydrogen-bond donors (Lipinski definition) is 0. The van der Waals surface area contributed by atoms with Crippen molar-refractivity contribution in [3.05, 3.63) is 93.6 Å². The van der Waals surface area contributed by atoms with Gasteiger partial charge in [-0.25, -0.2) is 0 Å². The maximum absolute atomic E-state index is 10.9. The fourth-order valence-corrected chi connectivity index (χ4v) is 6.15. The summed E-state index contributed by atoms with van der Waals surface area (Å²) < 4.78 is 0. The van der Waals surface area contributed by atoms with Crippen LogP contribution in [0.15, 0.2) is 54.6 Å². The molecule has 0 amide bonds. The summed E-state index contributed by atoms with van der Waals surface area (Å²) >= 11 is 0. The van der Waals surface area contributed by atoms with Crippen LogP contribution in [0.3, 0.4) is 0 Å². The second-order valence-corrected chi connectivity index (χ2v) is 14.5. The van der Waals surface area contributed by atoms with Crippen molar-refractivity contribution in [3.63, 3.8) is 0 Å². The molecule has 0 bridgehead atoms. The average Bonchev–Trinajstić information content (AvgIpc) is 2.81. The van der Waals surface area contributed by atoms with Crippen LogP contribution in [0.2, 0.25) is 0 Å². The molecule has 0 radical (unpaired) electrons. The lowest BCUT2D eigenvalue weighted by atomic mass is 9.62. The summed E-state index contributed by atoms with van der Waals surface area (Å²) in [6, 6.07) is 11.8. The van der Waals surface area contributed by atoms with Crippen LogP contribution in [-0.4, -0.2) is 5.78 Å². The van der Waals surface area contributed by atoms with Gasteiger partial charge in [-0.1, -0.05) is 110 Å². The predicted molar refractivity (Wildman–Crippen MR) is 166 cm³/mol. The summed E-state index contributed by atoms with van der Waals surface area (Å²) in [6.07, 6.45) is 13.5. The number of carbonyl (C=O) groups is 1. The molecule has 0 N–H and O–H groups in total. The normalized spacial score (nSPS) is 20.4. The van der Waals surface area contributed by atoms with Gasteiger partial charge >= 0.3 is 0 Å². The van der Waals surface area contributed by atoms with Gasteiger partial charge in [-0.15, -0.1) is 0 Å². The number of rotatable bonds is 4. The van der Waals surface area contributed by atoms with Gasteiger partial charge in [-0.05, 0) is 114 Å². The zero-order valence-electron chi connectivity index (χ0n) is 26.1. The van der Waals surface area contributed by atoms with Crippen LogP contribution in [0.25, 0.3) is 0 Å². The third kappa shape index (κ3) is 6.77. The Kier molecular flexibility index (Phi) is 8.72. The van der Waals surface area contributed by atoms with E-state index in [0.29, 0.717) is 10.8 Å². The third-order valence-corrected chi connectivity index (χ3v) is 9.23. The minimum atomic E-state index is 0.0867. The molecule has 4 rings (SSSR count). The molecule has 0 atom stereocenters. The van der Waals surface area contributed by atoms with Gasteiger partial charge in [0.15, 0.2) is 5.78 Å². The van der Waals surface area contributed by atoms with E-state index in [-0.39, 0.29) is 16.6 Å². The molecule has 206 valence electrons. The first-order valence-corrected chi connectivity index (χ1v) is 14.6. The van der Waals surface area contributed by atoms with Crippen LogP contribution in [0.4, 0.5) is 0 Å². The molecule has 0 aromatic heterocycles. The first-order valence-electron chi connectivity index (χ1n) is 14.6. The molecule has 2 aliphatic carbocycles. The molecule has 1 nitrogen and oxygen atoms in total. The Morgan fingerprint density at radius 2 is 1.16 bits per heavy atom. The minimum absolute atomic E-state index is 0.0867. The van der Waals surface area contributed by atoms with Gasteiger partial charge in [-0.3, -0.25) is 4.79 Å². The molecule has 2 aromatic carbocycles. The highest BCUT2D eigenvalue weighted by Crippen LogP contribution is 2.47. The summed E-state index contributed by atoms with van der Waals surface area (Å²) in [5.41, 5.74) is 11.6. The van der Waals surface area contributed by atoms with Crippen molar-refractivity contribution >= 4 is 5.78 Å². The molecule has 2 aromatic rings. The number of hydrogen-bond acceptors (Lipinski definition) is 1. The Morgan fingerprint density at radius 3 is 1.68 bits per heavy atom. The third-order valence-electron chi connectivity index (χ3n) is 9.23. The van der Waals surface area contributed by atoms with Crippen molar-refractivity contribution in [3.8, 4) is 0 Å². The first-order chi connectivity index (χ1) is 17.5. The van der Waals surface area contributed by atoms with Crippen LogP contribution in [0, 0.1) is 13.8 Å². The van der Waals surface area contributed by atoms with Gasteiger partial charge < -0.3 is 0 Å². The van der Waals surface area contributed by atoms with Crippen LogP contribution >= 0.6 is 0 Å². The molecule has 0 heterocycles. The smallest absolute Gasteiger partial charge is 0.152 e. The van der Waals surface area contributed by atoms with E-state index in [1.54, 1.807) is 24.1 Å². The van der Waals surface area contributed by atoms with E-state index in [0.717, 1.165) is 6.42 Å². The largest absolute Gasteiger partial charge is 0.295 e. The molecule has 0 aliphatic heterocycles. The Labute approximate surface area is 233 Å². The fourth-order valence-electron chi connectivity index (χ4n) is 6.15. The number of carbonyl (C=O) groups excluding carboxylic acids is 1. The summed E-state index contributed by atoms with van der Waals surface area (Å²) in [4.78, 5) is 10.9. The molecule has 0 saturated heterocycles. The van der Waals surface area contributed by atoms with Crippen molar-refractivity contribution in [1.29, 1.82) is 0 Å². The van der Waals surface area contributed by atoms with Crippen LogP contribution in [0.5, 0.6) is 0 Å². The maximum Gasteiger partial charge on any atom is 0.152 e. The maximum atomic E-state index is 10.9. The monoisotopic (exact) mass is 512 g/mol. The predicted octanol–water partition coefficient (Wildman–Crippen LogP) is 9.93. The highest BCUT2D eigenvalue weighted by atomic mass is 16.1. The van der Waals surface area contributed by atoms with Crippen LogP contribution in [-0.2, 0) is 32.9 Å². The molecule has 0 unspecified atom stereocenters. The van der Waals surface area contributed by atoms with Gasteiger partial charge in [0.2, 0.25) is 0 Å². The highest BCUT2D eigenvalue weighted by Gasteiger charge is 2.38. The number of allylic oxidation sites excluding steroid dienone is 4. The van der Waals surface area contributed by atoms with Crippen LogP contribution in [0.1, 0.15) is 127 Å². The standard InChI is InChI=1S/C22H30O.C15H22/c1-16-14-19-20(22(5,6)13-12-21(19,3)4)15-18(16)11-9-7-8-10-17(2)23;1-11-6-7-12-13(10-11)15(4,5)9-8-14(12,2)3/h7-10,14-15H,11-13H2,1-6H3;6-7,10H,8-9H2,1-5H3/b9-7+,10-8+;. The zero-order valence-corrected chi connectivity index (χ0v) is 26.1. The quantitative estimate of drug-likeness (QED) is 0.294. The van der Waals surface area contributed by atoms with E-state index >= 15 is 0 Å². The molecule has 2 aliphatic rings. The molecule has 0 fully saturated rings. The number of aryl methyl sites for hydroxylation is 2. The molecule has 0 saturated carbocycles. The summed E-state index contributed by atoms with van der Waals surface area (Å²) in [5, 5.41) is 0. The zero-order chi connectivity index (χ0) is 28.5. The van der Waals surface area contributed by atoms with E-state index in [4.69, 9.17) is 0 Å². The van der Waals surface area contributed by atoms with Crippen molar-refractivity contribution in [2.45, 2.75) is 130 Å². The van der Waals surface area contributed by atoms with Gasteiger partial charge in [0.1, 0.15) is 0 Å². The average molecular weight is 513 g/mol. The van der Waals surface area contributed by atoms with Gasteiger partial charge in [-0.2, -0.15) is 0 Å². The van der Waals surface area contributed by atoms with E-state index in [2.05, 4.69) is 106 Å². The summed E-state index contributed by atoms with van der Waals surface area (Å²) in [5.74, 6) is 0.0867. The Hall–Kier alpha value is -2.41. The summed E-state index contributed by atoms with van der Waals surface area (Å²) in [6.45, 7) is 24.9. The van der Waals surface area contributed by atoms with Crippen LogP contribution < -0.4 is 0 Å². The second-order valence-electron chi connectivity index (χ2n) is 14.5. The van der Waals surface area contributed by atoms with Gasteiger partial charge in [0, 0.05) is 0 Å². The molecular formula is C37H52O. The lowest BCUT2D eigenvalue weighted by molar-refractivity contribution is -0.112. The molecule has 38 heavy (non-hydrogen) atoms. The molecule has 0 spiro atoms. The van der Waals surface area contributed by atoms with Crippen molar-refractivity contribution < 1.29 is 4.79 Å². The van der Waals surface area contributed by atoms with E-state index in [1.807, 2.05) is 12.2 Å². The van der Waals surface area contributed by atoms with Crippen molar-refractivity contribution in [2.75, 3.05) is 0 Å². The Morgan fingerprint density at radius 1 is 0.684 bits per heavy atom. The summed E-state index contributed by atoms with van der Waals surface area (Å²) in [7, 11) is 0. The lowest BCUT2D eigenvalue weighted by Gasteiger charge is -2.42. The first kappa shape index (κ1) is 30.1. The highest BCUT2D eigenvalue weighted by molar-refractivity contribution is 5.87. The molecule has 1 heteroatoms. The van der Waals surface area contributed by atoms with Gasteiger partial charge in [0.25, 0.3) is 0 Å². The van der Waals surface area contributed by atoms with Gasteiger partial charge in [0.05, 0.1) is 0 Å². The van der Waals surface area contributed by atoms with E-state index in [1.165, 1.54) is 53.5 Å². The number of fused-ring (bicyclic) bond motifs is 2. The van der Waals surface area contributed by atoms with E-state index < -0.39 is 0 Å². The topological polar surface area (TPSA) is 17.1 Å². The molecular weight excluding hydrogens is 460 g/mol. The van der Waals surface area contributed by atoms with Crippen molar-refractivity contribution in [2.24, 2.45) is 0 Å².